The highest BCUT2D eigenvalue weighted by molar-refractivity contribution is 7.90. The molecule has 0 heterocycles. The van der Waals surface area contributed by atoms with Gasteiger partial charge in [-0.25, -0.2) is 8.42 Å². The van der Waals surface area contributed by atoms with Crippen molar-refractivity contribution in [3.63, 3.8) is 0 Å². The highest BCUT2D eigenvalue weighted by Crippen LogP contribution is 2.39. The second kappa shape index (κ2) is 6.07. The second-order valence-electron chi connectivity index (χ2n) is 5.75. The molecule has 1 aliphatic carbocycles. The van der Waals surface area contributed by atoms with Crippen molar-refractivity contribution in [1.82, 2.24) is 0 Å². The highest BCUT2D eigenvalue weighted by atomic mass is 35.5. The number of nitrogens with zero attached hydrogens (tertiary/aromatic N) is 1. The number of fused-ring (bicyclic) bond motifs is 1. The Balaban J connectivity index is 2.00. The van der Waals surface area contributed by atoms with E-state index in [4.69, 9.17) is 11.6 Å². The molecule has 0 spiro atoms. The SMILES string of the molecule is CS(=O)(=O)c1cc([N+](=O)[O-])ccc1NC1CCc2c(Cl)cccc21. The van der Waals surface area contributed by atoms with E-state index in [9.17, 15) is 18.5 Å². The van der Waals surface area contributed by atoms with E-state index in [1.165, 1.54) is 12.1 Å². The first-order valence-electron chi connectivity index (χ1n) is 7.29. The minimum absolute atomic E-state index is 0.0767. The van der Waals surface area contributed by atoms with Crippen LogP contribution in [0.3, 0.4) is 0 Å². The van der Waals surface area contributed by atoms with Crippen LogP contribution in [0.4, 0.5) is 11.4 Å². The summed E-state index contributed by atoms with van der Waals surface area (Å²) >= 11 is 6.20. The molecule has 0 saturated heterocycles. The van der Waals surface area contributed by atoms with E-state index in [2.05, 4.69) is 5.32 Å². The Morgan fingerprint density at radius 2 is 2.04 bits per heavy atom. The summed E-state index contributed by atoms with van der Waals surface area (Å²) in [6.07, 6.45) is 2.61. The first-order valence-corrected chi connectivity index (χ1v) is 9.56. The number of sulfone groups is 1. The highest BCUT2D eigenvalue weighted by Gasteiger charge is 2.26. The minimum Gasteiger partial charge on any atom is -0.377 e. The number of benzene rings is 2. The summed E-state index contributed by atoms with van der Waals surface area (Å²) in [6, 6.07) is 9.39. The van der Waals surface area contributed by atoms with Crippen LogP contribution in [0.5, 0.6) is 0 Å². The van der Waals surface area contributed by atoms with E-state index >= 15 is 0 Å². The van der Waals surface area contributed by atoms with Gasteiger partial charge >= 0.3 is 0 Å². The Morgan fingerprint density at radius 3 is 2.71 bits per heavy atom. The van der Waals surface area contributed by atoms with Crippen molar-refractivity contribution in [2.75, 3.05) is 11.6 Å². The molecule has 2 aromatic carbocycles. The van der Waals surface area contributed by atoms with Crippen LogP contribution in [0.25, 0.3) is 0 Å². The van der Waals surface area contributed by atoms with Crippen molar-refractivity contribution in [3.8, 4) is 0 Å². The van der Waals surface area contributed by atoms with Crippen molar-refractivity contribution >= 4 is 32.8 Å². The molecule has 126 valence electrons. The normalized spacial score (nSPS) is 16.7. The summed E-state index contributed by atoms with van der Waals surface area (Å²) in [6.45, 7) is 0. The van der Waals surface area contributed by atoms with E-state index < -0.39 is 14.8 Å². The van der Waals surface area contributed by atoms with Crippen molar-refractivity contribution < 1.29 is 13.3 Å². The molecule has 1 atom stereocenters. The van der Waals surface area contributed by atoms with Crippen molar-refractivity contribution in [1.29, 1.82) is 0 Å². The molecular formula is C16H15ClN2O4S. The maximum absolute atomic E-state index is 12.0. The Labute approximate surface area is 144 Å². The molecule has 1 N–H and O–H groups in total. The van der Waals surface area contributed by atoms with Crippen LogP contribution < -0.4 is 5.32 Å². The number of nitrogens with one attached hydrogen (secondary N) is 1. The average Bonchev–Trinajstić information content (AvgIpc) is 2.91. The Kier molecular flexibility index (Phi) is 4.23. The molecule has 8 heteroatoms. The molecule has 0 saturated carbocycles. The molecule has 24 heavy (non-hydrogen) atoms. The van der Waals surface area contributed by atoms with Gasteiger partial charge in [0, 0.05) is 23.4 Å². The molecule has 0 fully saturated rings. The van der Waals surface area contributed by atoms with Crippen LogP contribution in [-0.2, 0) is 16.3 Å². The zero-order valence-corrected chi connectivity index (χ0v) is 14.4. The summed E-state index contributed by atoms with van der Waals surface area (Å²) in [4.78, 5) is 10.2. The predicted octanol–water partition coefficient (Wildman–Crippen LogP) is 3.75. The van der Waals surface area contributed by atoms with Crippen LogP contribution in [-0.4, -0.2) is 19.6 Å². The number of hydrogen-bond donors (Lipinski definition) is 1. The Hall–Kier alpha value is -2.12. The van der Waals surface area contributed by atoms with E-state index in [0.717, 1.165) is 36.3 Å². The van der Waals surface area contributed by atoms with Gasteiger partial charge in [-0.05, 0) is 36.1 Å². The summed E-state index contributed by atoms with van der Waals surface area (Å²) < 4.78 is 24.0. The molecule has 0 aromatic heterocycles. The molecule has 0 radical (unpaired) electrons. The fourth-order valence-corrected chi connectivity index (χ4v) is 4.14. The lowest BCUT2D eigenvalue weighted by Gasteiger charge is -2.18. The van der Waals surface area contributed by atoms with Crippen LogP contribution in [0.1, 0.15) is 23.6 Å². The average molecular weight is 367 g/mol. The fraction of sp³-hybridized carbons (Fsp3) is 0.250. The van der Waals surface area contributed by atoms with Crippen LogP contribution >= 0.6 is 11.6 Å². The van der Waals surface area contributed by atoms with Gasteiger partial charge in [0.05, 0.1) is 21.5 Å². The van der Waals surface area contributed by atoms with Gasteiger partial charge in [-0.15, -0.1) is 0 Å². The second-order valence-corrected chi connectivity index (χ2v) is 8.14. The number of anilines is 1. The third-order valence-corrected chi connectivity index (χ3v) is 5.61. The van der Waals surface area contributed by atoms with Crippen molar-refractivity contribution in [2.45, 2.75) is 23.8 Å². The zero-order chi connectivity index (χ0) is 17.5. The van der Waals surface area contributed by atoms with Gasteiger partial charge in [0.15, 0.2) is 9.84 Å². The van der Waals surface area contributed by atoms with Gasteiger partial charge < -0.3 is 5.32 Å². The third kappa shape index (κ3) is 3.09. The molecule has 0 aliphatic heterocycles. The van der Waals surface area contributed by atoms with Crippen molar-refractivity contribution in [3.05, 3.63) is 62.7 Å². The van der Waals surface area contributed by atoms with Gasteiger partial charge in [-0.3, -0.25) is 10.1 Å². The number of nitro benzene ring substituents is 1. The topological polar surface area (TPSA) is 89.3 Å². The predicted molar refractivity (Wildman–Crippen MR) is 92.3 cm³/mol. The Morgan fingerprint density at radius 1 is 1.29 bits per heavy atom. The van der Waals surface area contributed by atoms with E-state index in [-0.39, 0.29) is 16.6 Å². The van der Waals surface area contributed by atoms with Crippen LogP contribution in [0.15, 0.2) is 41.3 Å². The quantitative estimate of drug-likeness (QED) is 0.657. The first-order chi connectivity index (χ1) is 11.3. The number of non-ortho nitro benzene ring substituents is 1. The number of halogens is 1. The first kappa shape index (κ1) is 16.7. The molecule has 1 aliphatic rings. The molecule has 3 rings (SSSR count). The van der Waals surface area contributed by atoms with Gasteiger partial charge in [0.2, 0.25) is 0 Å². The third-order valence-electron chi connectivity index (χ3n) is 4.12. The molecule has 2 aromatic rings. The number of nitro groups is 1. The summed E-state index contributed by atoms with van der Waals surface area (Å²) in [5, 5.41) is 14.8. The maximum atomic E-state index is 12.0. The van der Waals surface area contributed by atoms with E-state index in [0.29, 0.717) is 10.7 Å². The molecule has 1 unspecified atom stereocenters. The molecule has 6 nitrogen and oxygen atoms in total. The smallest absolute Gasteiger partial charge is 0.270 e. The summed E-state index contributed by atoms with van der Waals surface area (Å²) in [5.41, 5.74) is 2.19. The van der Waals surface area contributed by atoms with E-state index in [1.807, 2.05) is 18.2 Å². The standard InChI is InChI=1S/C16H15ClN2O4S/c1-24(22,23)16-9-10(19(20)21)5-7-15(16)18-14-8-6-11-12(14)3-2-4-13(11)17/h2-5,7,9,14,18H,6,8H2,1H3. The largest absolute Gasteiger partial charge is 0.377 e. The van der Waals surface area contributed by atoms with Crippen molar-refractivity contribution in [2.24, 2.45) is 0 Å². The summed E-state index contributed by atoms with van der Waals surface area (Å²) in [7, 11) is -3.61. The lowest BCUT2D eigenvalue weighted by Crippen LogP contribution is -2.11. The zero-order valence-electron chi connectivity index (χ0n) is 12.8. The molecule has 0 bridgehead atoms. The maximum Gasteiger partial charge on any atom is 0.270 e. The molecule has 0 amide bonds. The van der Waals surface area contributed by atoms with Gasteiger partial charge in [0.25, 0.3) is 5.69 Å². The number of hydrogen-bond acceptors (Lipinski definition) is 5. The Bertz CT molecular complexity index is 928. The van der Waals surface area contributed by atoms with Gasteiger partial charge in [0.1, 0.15) is 0 Å². The lowest BCUT2D eigenvalue weighted by molar-refractivity contribution is -0.385. The van der Waals surface area contributed by atoms with Crippen LogP contribution in [0, 0.1) is 10.1 Å². The van der Waals surface area contributed by atoms with Gasteiger partial charge in [-0.2, -0.15) is 0 Å². The number of rotatable bonds is 4. The molecular weight excluding hydrogens is 352 g/mol. The van der Waals surface area contributed by atoms with E-state index in [1.54, 1.807) is 0 Å². The fourth-order valence-electron chi connectivity index (χ4n) is 3.00. The van der Waals surface area contributed by atoms with Gasteiger partial charge in [-0.1, -0.05) is 23.7 Å². The van der Waals surface area contributed by atoms with Crippen LogP contribution in [0.2, 0.25) is 5.02 Å². The summed E-state index contributed by atoms with van der Waals surface area (Å²) in [5.74, 6) is 0. The monoisotopic (exact) mass is 366 g/mol. The minimum atomic E-state index is -3.61. The lowest BCUT2D eigenvalue weighted by atomic mass is 10.1.